The Morgan fingerprint density at radius 2 is 1.74 bits per heavy atom. The third kappa shape index (κ3) is 9.60. The van der Waals surface area contributed by atoms with Crippen LogP contribution in [-0.4, -0.2) is 55.4 Å². The van der Waals surface area contributed by atoms with Crippen molar-refractivity contribution in [2.24, 2.45) is 5.92 Å². The van der Waals surface area contributed by atoms with E-state index in [1.54, 1.807) is 19.1 Å². The molecular weight excluding hydrogens is 514 g/mol. The SMILES string of the molecule is CCOC(=O)/C=C/CN(C[C@H](CC(C)C)NC(=O)OCc1ccccc1)S(=O)(=O)c1ccccc1[N+](=O)[O-]. The molecule has 0 saturated heterocycles. The van der Waals surface area contributed by atoms with Crippen LogP contribution in [0.4, 0.5) is 10.5 Å². The van der Waals surface area contributed by atoms with Crippen LogP contribution in [0.3, 0.4) is 0 Å². The number of rotatable bonds is 14. The zero-order chi connectivity index (χ0) is 28.1. The van der Waals surface area contributed by atoms with E-state index < -0.39 is 43.6 Å². The number of nitrogens with one attached hydrogen (secondary N) is 1. The van der Waals surface area contributed by atoms with Gasteiger partial charge in [0.25, 0.3) is 5.69 Å². The Hall–Kier alpha value is -3.77. The standard InChI is InChI=1S/C26H33N3O8S/c1-4-36-25(30)15-10-16-28(38(34,35)24-14-9-8-13-23(24)29(32)33)18-22(17-20(2)3)27-26(31)37-19-21-11-6-5-7-12-21/h5-15,20,22H,4,16-19H2,1-3H3,(H,27,31)/b15-10+/t22-/m0/s1. The molecule has 1 N–H and O–H groups in total. The molecule has 1 amide bonds. The van der Waals surface area contributed by atoms with Crippen LogP contribution < -0.4 is 5.32 Å². The van der Waals surface area contributed by atoms with Gasteiger partial charge < -0.3 is 14.8 Å². The molecule has 0 fully saturated rings. The Kier molecular flexibility index (Phi) is 11.9. The lowest BCUT2D eigenvalue weighted by molar-refractivity contribution is -0.387. The molecule has 12 heteroatoms. The number of nitro groups is 1. The summed E-state index contributed by atoms with van der Waals surface area (Å²) in [4.78, 5) is 34.6. The zero-order valence-corrected chi connectivity index (χ0v) is 22.4. The Morgan fingerprint density at radius 1 is 1.08 bits per heavy atom. The first-order valence-electron chi connectivity index (χ1n) is 12.1. The maximum Gasteiger partial charge on any atom is 0.407 e. The molecule has 2 rings (SSSR count). The zero-order valence-electron chi connectivity index (χ0n) is 21.6. The fraction of sp³-hybridized carbons (Fsp3) is 0.385. The average molecular weight is 548 g/mol. The first kappa shape index (κ1) is 30.5. The van der Waals surface area contributed by atoms with Gasteiger partial charge in [-0.05, 0) is 30.9 Å². The molecule has 2 aromatic carbocycles. The van der Waals surface area contributed by atoms with Crippen LogP contribution in [0.15, 0.2) is 71.6 Å². The van der Waals surface area contributed by atoms with Crippen molar-refractivity contribution in [3.63, 3.8) is 0 Å². The summed E-state index contributed by atoms with van der Waals surface area (Å²) in [7, 11) is -4.41. The average Bonchev–Trinajstić information content (AvgIpc) is 2.87. The molecule has 1 atom stereocenters. The number of hydrogen-bond acceptors (Lipinski definition) is 8. The predicted octanol–water partition coefficient (Wildman–Crippen LogP) is 4.05. The lowest BCUT2D eigenvalue weighted by Gasteiger charge is -2.27. The third-order valence-electron chi connectivity index (χ3n) is 5.24. The molecule has 0 aromatic heterocycles. The van der Waals surface area contributed by atoms with Crippen LogP contribution in [0.1, 0.15) is 32.8 Å². The molecule has 0 heterocycles. The number of esters is 1. The normalized spacial score (nSPS) is 12.4. The maximum atomic E-state index is 13.6. The highest BCUT2D eigenvalue weighted by Crippen LogP contribution is 2.27. The highest BCUT2D eigenvalue weighted by molar-refractivity contribution is 7.89. The van der Waals surface area contributed by atoms with Gasteiger partial charge in [0.2, 0.25) is 10.0 Å². The third-order valence-corrected chi connectivity index (χ3v) is 7.12. The molecule has 0 radical (unpaired) electrons. The van der Waals surface area contributed by atoms with E-state index in [9.17, 15) is 28.1 Å². The van der Waals surface area contributed by atoms with E-state index in [0.717, 1.165) is 28.1 Å². The topological polar surface area (TPSA) is 145 Å². The summed E-state index contributed by atoms with van der Waals surface area (Å²) >= 11 is 0. The monoisotopic (exact) mass is 547 g/mol. The van der Waals surface area contributed by atoms with E-state index in [4.69, 9.17) is 9.47 Å². The van der Waals surface area contributed by atoms with E-state index in [1.807, 2.05) is 32.0 Å². The summed E-state index contributed by atoms with van der Waals surface area (Å²) in [6, 6.07) is 13.4. The van der Waals surface area contributed by atoms with Gasteiger partial charge in [-0.3, -0.25) is 10.1 Å². The van der Waals surface area contributed by atoms with E-state index in [2.05, 4.69) is 5.32 Å². The molecule has 0 aliphatic carbocycles. The van der Waals surface area contributed by atoms with Crippen LogP contribution >= 0.6 is 0 Å². The highest BCUT2D eigenvalue weighted by atomic mass is 32.2. The Balaban J connectivity index is 2.32. The summed E-state index contributed by atoms with van der Waals surface area (Å²) in [5, 5.41) is 14.3. The minimum absolute atomic E-state index is 0.0293. The molecule has 38 heavy (non-hydrogen) atoms. The van der Waals surface area contributed by atoms with Gasteiger partial charge in [0.15, 0.2) is 4.90 Å². The van der Waals surface area contributed by atoms with Gasteiger partial charge >= 0.3 is 12.1 Å². The number of benzene rings is 2. The first-order chi connectivity index (χ1) is 18.0. The Bertz CT molecular complexity index is 1220. The van der Waals surface area contributed by atoms with Crippen LogP contribution in [0.25, 0.3) is 0 Å². The van der Waals surface area contributed by atoms with E-state index in [1.165, 1.54) is 18.2 Å². The van der Waals surface area contributed by atoms with Crippen LogP contribution in [0.2, 0.25) is 0 Å². The van der Waals surface area contributed by atoms with Crippen LogP contribution in [0.5, 0.6) is 0 Å². The fourth-order valence-corrected chi connectivity index (χ4v) is 5.21. The maximum absolute atomic E-state index is 13.6. The molecule has 0 spiro atoms. The Morgan fingerprint density at radius 3 is 2.37 bits per heavy atom. The number of sulfonamides is 1. The molecule has 0 saturated carbocycles. The molecule has 0 aliphatic rings. The first-order valence-corrected chi connectivity index (χ1v) is 13.5. The second-order valence-corrected chi connectivity index (χ2v) is 10.6. The number of nitrogens with zero attached hydrogens (tertiary/aromatic N) is 2. The summed E-state index contributed by atoms with van der Waals surface area (Å²) in [6.07, 6.45) is 2.05. The number of ether oxygens (including phenoxy) is 2. The van der Waals surface area contributed by atoms with Crippen molar-refractivity contribution in [1.82, 2.24) is 9.62 Å². The molecule has 2 aromatic rings. The second kappa shape index (κ2) is 14.8. The summed E-state index contributed by atoms with van der Waals surface area (Å²) in [5.41, 5.74) is 0.204. The number of para-hydroxylation sites is 1. The van der Waals surface area contributed by atoms with Crippen LogP contribution in [0, 0.1) is 16.0 Å². The number of nitro benzene ring substituents is 1. The van der Waals surface area contributed by atoms with Crippen molar-refractivity contribution in [1.29, 1.82) is 0 Å². The molecular formula is C26H33N3O8S. The summed E-state index contributed by atoms with van der Waals surface area (Å²) in [5.74, 6) is -0.586. The van der Waals surface area contributed by atoms with Gasteiger partial charge in [0, 0.05) is 31.3 Å². The smallest absolute Gasteiger partial charge is 0.407 e. The fourth-order valence-electron chi connectivity index (χ4n) is 3.62. The minimum atomic E-state index is -4.41. The van der Waals surface area contributed by atoms with Gasteiger partial charge in [-0.2, -0.15) is 4.31 Å². The van der Waals surface area contributed by atoms with Crippen molar-refractivity contribution in [2.45, 2.75) is 44.7 Å². The summed E-state index contributed by atoms with van der Waals surface area (Å²) < 4.78 is 38.3. The number of alkyl carbamates (subject to hydrolysis) is 1. The largest absolute Gasteiger partial charge is 0.463 e. The van der Waals surface area contributed by atoms with Crippen molar-refractivity contribution in [3.05, 3.63) is 82.4 Å². The molecule has 0 bridgehead atoms. The number of hydrogen-bond donors (Lipinski definition) is 1. The van der Waals surface area contributed by atoms with E-state index in [-0.39, 0.29) is 32.2 Å². The van der Waals surface area contributed by atoms with Gasteiger partial charge in [-0.1, -0.05) is 62.4 Å². The van der Waals surface area contributed by atoms with Crippen molar-refractivity contribution in [3.8, 4) is 0 Å². The van der Waals surface area contributed by atoms with Gasteiger partial charge in [-0.25, -0.2) is 18.0 Å². The molecule has 0 aliphatic heterocycles. The minimum Gasteiger partial charge on any atom is -0.463 e. The summed E-state index contributed by atoms with van der Waals surface area (Å²) in [6.45, 7) is 5.12. The molecule has 0 unspecified atom stereocenters. The molecule has 11 nitrogen and oxygen atoms in total. The Labute approximate surface area is 222 Å². The predicted molar refractivity (Wildman–Crippen MR) is 141 cm³/mol. The van der Waals surface area contributed by atoms with Gasteiger partial charge in [0.1, 0.15) is 6.61 Å². The van der Waals surface area contributed by atoms with Crippen molar-refractivity contribution < 1.29 is 32.4 Å². The highest BCUT2D eigenvalue weighted by Gasteiger charge is 2.33. The van der Waals surface area contributed by atoms with Crippen molar-refractivity contribution >= 4 is 27.8 Å². The number of amides is 1. The second-order valence-electron chi connectivity index (χ2n) is 8.73. The lowest BCUT2D eigenvalue weighted by atomic mass is 10.0. The lowest BCUT2D eigenvalue weighted by Crippen LogP contribution is -2.46. The number of carbonyl (C=O) groups excluding carboxylic acids is 2. The van der Waals surface area contributed by atoms with Gasteiger partial charge in [0.05, 0.1) is 11.5 Å². The number of carbonyl (C=O) groups is 2. The van der Waals surface area contributed by atoms with Crippen LogP contribution in [-0.2, 0) is 30.9 Å². The van der Waals surface area contributed by atoms with E-state index >= 15 is 0 Å². The molecule has 206 valence electrons. The van der Waals surface area contributed by atoms with Crippen molar-refractivity contribution in [2.75, 3.05) is 19.7 Å². The quantitative estimate of drug-likeness (QED) is 0.161. The van der Waals surface area contributed by atoms with Gasteiger partial charge in [-0.15, -0.1) is 0 Å². The van der Waals surface area contributed by atoms with E-state index in [0.29, 0.717) is 6.42 Å².